The van der Waals surface area contributed by atoms with E-state index < -0.39 is 0 Å². The van der Waals surface area contributed by atoms with E-state index in [9.17, 15) is 4.79 Å². The average molecular weight is 253 g/mol. The van der Waals surface area contributed by atoms with Crippen molar-refractivity contribution in [1.29, 1.82) is 0 Å². The molecule has 1 aromatic rings. The van der Waals surface area contributed by atoms with E-state index in [1.54, 1.807) is 23.0 Å². The third kappa shape index (κ3) is 3.05. The van der Waals surface area contributed by atoms with Gasteiger partial charge in [-0.25, -0.2) is 9.67 Å². The topological polar surface area (TPSA) is 72.3 Å². The Kier molecular flexibility index (Phi) is 4.27. The van der Waals surface area contributed by atoms with Crippen molar-refractivity contribution in [2.75, 3.05) is 33.3 Å². The fourth-order valence-electron chi connectivity index (χ4n) is 1.98. The molecule has 7 heteroatoms. The second kappa shape index (κ2) is 5.92. The predicted molar refractivity (Wildman–Crippen MR) is 65.0 cm³/mol. The molecule has 2 heterocycles. The van der Waals surface area contributed by atoms with Gasteiger partial charge in [-0.05, 0) is 6.92 Å². The van der Waals surface area contributed by atoms with Gasteiger partial charge in [0.05, 0.1) is 12.7 Å². The van der Waals surface area contributed by atoms with Crippen LogP contribution in [0.3, 0.4) is 0 Å². The van der Waals surface area contributed by atoms with Crippen molar-refractivity contribution >= 4 is 5.91 Å². The van der Waals surface area contributed by atoms with Crippen LogP contribution in [0, 0.1) is 0 Å². The molecular weight excluding hydrogens is 234 g/mol. The summed E-state index contributed by atoms with van der Waals surface area (Å²) in [6, 6.07) is -0.339. The fraction of sp³-hybridized carbons (Fsp3) is 0.727. The Hall–Kier alpha value is -1.47. The normalized spacial score (nSPS) is 21.6. The van der Waals surface area contributed by atoms with Crippen LogP contribution >= 0.6 is 0 Å². The summed E-state index contributed by atoms with van der Waals surface area (Å²) in [7, 11) is 1.79. The van der Waals surface area contributed by atoms with Gasteiger partial charge < -0.3 is 15.0 Å². The minimum atomic E-state index is -0.339. The van der Waals surface area contributed by atoms with Crippen molar-refractivity contribution < 1.29 is 9.53 Å². The molecule has 100 valence electrons. The average Bonchev–Trinajstić information content (AvgIpc) is 2.92. The molecular formula is C11H19N5O2. The van der Waals surface area contributed by atoms with E-state index in [-0.39, 0.29) is 18.1 Å². The van der Waals surface area contributed by atoms with Crippen LogP contribution in [-0.2, 0) is 9.53 Å². The molecule has 2 rings (SSSR count). The number of nitrogens with zero attached hydrogens (tertiary/aromatic N) is 4. The van der Waals surface area contributed by atoms with Gasteiger partial charge in [-0.3, -0.25) is 4.79 Å². The van der Waals surface area contributed by atoms with Crippen molar-refractivity contribution in [1.82, 2.24) is 25.0 Å². The van der Waals surface area contributed by atoms with Gasteiger partial charge in [0.1, 0.15) is 18.7 Å². The Morgan fingerprint density at radius 3 is 3.17 bits per heavy atom. The zero-order chi connectivity index (χ0) is 13.0. The first-order valence-corrected chi connectivity index (χ1v) is 6.10. The Morgan fingerprint density at radius 2 is 2.56 bits per heavy atom. The van der Waals surface area contributed by atoms with Crippen LogP contribution in [0.25, 0.3) is 0 Å². The smallest absolute Gasteiger partial charge is 0.247 e. The summed E-state index contributed by atoms with van der Waals surface area (Å²) in [5.74, 6) is 0.00896. The maximum Gasteiger partial charge on any atom is 0.247 e. The number of likely N-dealkylation sites (N-methyl/N-ethyl adjacent to an activating group) is 1. The highest BCUT2D eigenvalue weighted by Crippen LogP contribution is 2.08. The van der Waals surface area contributed by atoms with Gasteiger partial charge in [-0.2, -0.15) is 5.10 Å². The quantitative estimate of drug-likeness (QED) is 0.767. The number of carbonyl (C=O) groups is 1. The molecule has 18 heavy (non-hydrogen) atoms. The molecule has 2 atom stereocenters. The number of nitrogens with one attached hydrogen (secondary N) is 1. The van der Waals surface area contributed by atoms with Crippen LogP contribution < -0.4 is 5.32 Å². The number of ether oxygens (including phenoxy) is 1. The summed E-state index contributed by atoms with van der Waals surface area (Å²) in [6.45, 7) is 4.77. The van der Waals surface area contributed by atoms with Crippen LogP contribution in [0.4, 0.5) is 0 Å². The van der Waals surface area contributed by atoms with Crippen molar-refractivity contribution in [2.24, 2.45) is 0 Å². The van der Waals surface area contributed by atoms with Crippen LogP contribution in [-0.4, -0.2) is 65.0 Å². The van der Waals surface area contributed by atoms with Crippen molar-refractivity contribution in [3.8, 4) is 0 Å². The molecule has 0 aliphatic carbocycles. The lowest BCUT2D eigenvalue weighted by molar-refractivity contribution is -0.135. The Balaban J connectivity index is 1.87. The van der Waals surface area contributed by atoms with Gasteiger partial charge in [0.15, 0.2) is 0 Å². The minimum Gasteiger partial charge on any atom is -0.374 e. The van der Waals surface area contributed by atoms with Crippen LogP contribution in [0.15, 0.2) is 12.7 Å². The van der Waals surface area contributed by atoms with E-state index >= 15 is 0 Å². The summed E-state index contributed by atoms with van der Waals surface area (Å²) in [5.41, 5.74) is 0. The molecule has 1 fully saturated rings. The lowest BCUT2D eigenvalue weighted by Gasteiger charge is -2.29. The number of carbonyl (C=O) groups excluding carboxylic acids is 1. The Morgan fingerprint density at radius 1 is 1.72 bits per heavy atom. The predicted octanol–water partition coefficient (Wildman–Crippen LogP) is -0.714. The van der Waals surface area contributed by atoms with Crippen molar-refractivity contribution in [3.63, 3.8) is 0 Å². The van der Waals surface area contributed by atoms with E-state index in [1.807, 2.05) is 6.92 Å². The summed E-state index contributed by atoms with van der Waals surface area (Å²) < 4.78 is 7.13. The Labute approximate surface area is 106 Å². The van der Waals surface area contributed by atoms with E-state index in [0.29, 0.717) is 13.2 Å². The summed E-state index contributed by atoms with van der Waals surface area (Å²) >= 11 is 0. The molecule has 1 N–H and O–H groups in total. The molecule has 0 saturated carbocycles. The largest absolute Gasteiger partial charge is 0.374 e. The molecule has 1 aliphatic rings. The first kappa shape index (κ1) is 13.0. The molecule has 1 amide bonds. The number of aromatic nitrogens is 3. The fourth-order valence-corrected chi connectivity index (χ4v) is 1.98. The van der Waals surface area contributed by atoms with E-state index in [4.69, 9.17) is 4.74 Å². The summed E-state index contributed by atoms with van der Waals surface area (Å²) in [4.78, 5) is 17.7. The number of morpholine rings is 1. The monoisotopic (exact) mass is 253 g/mol. The highest BCUT2D eigenvalue weighted by molar-refractivity contribution is 5.79. The second-order valence-corrected chi connectivity index (χ2v) is 4.47. The van der Waals surface area contributed by atoms with Gasteiger partial charge in [-0.15, -0.1) is 0 Å². The molecule has 7 nitrogen and oxygen atoms in total. The van der Waals surface area contributed by atoms with Gasteiger partial charge in [0, 0.05) is 26.7 Å². The van der Waals surface area contributed by atoms with Gasteiger partial charge in [0.2, 0.25) is 5.91 Å². The van der Waals surface area contributed by atoms with Gasteiger partial charge in [-0.1, -0.05) is 0 Å². The number of hydrogen-bond acceptors (Lipinski definition) is 5. The van der Waals surface area contributed by atoms with E-state index in [1.165, 1.54) is 6.33 Å². The maximum atomic E-state index is 12.2. The maximum absolute atomic E-state index is 12.2. The zero-order valence-corrected chi connectivity index (χ0v) is 10.7. The van der Waals surface area contributed by atoms with Crippen molar-refractivity contribution in [2.45, 2.75) is 19.1 Å². The van der Waals surface area contributed by atoms with Crippen LogP contribution in [0.5, 0.6) is 0 Å². The lowest BCUT2D eigenvalue weighted by atomic mass is 10.2. The molecule has 0 radical (unpaired) electrons. The summed E-state index contributed by atoms with van der Waals surface area (Å²) in [5, 5.41) is 7.23. The third-order valence-electron chi connectivity index (χ3n) is 3.05. The van der Waals surface area contributed by atoms with E-state index in [2.05, 4.69) is 15.4 Å². The van der Waals surface area contributed by atoms with Gasteiger partial charge >= 0.3 is 0 Å². The second-order valence-electron chi connectivity index (χ2n) is 4.47. The standard InChI is InChI=1S/C11H19N5O2/c1-9(16-8-13-7-14-16)11(17)15(2)6-10-5-12-3-4-18-10/h7-10,12H,3-6H2,1-2H3. The number of rotatable bonds is 4. The first-order chi connectivity index (χ1) is 8.68. The zero-order valence-electron chi connectivity index (χ0n) is 10.7. The first-order valence-electron chi connectivity index (χ1n) is 6.10. The highest BCUT2D eigenvalue weighted by atomic mass is 16.5. The summed E-state index contributed by atoms with van der Waals surface area (Å²) in [6.07, 6.45) is 3.04. The van der Waals surface area contributed by atoms with Crippen molar-refractivity contribution in [3.05, 3.63) is 12.7 Å². The molecule has 0 bridgehead atoms. The molecule has 1 saturated heterocycles. The third-order valence-corrected chi connectivity index (χ3v) is 3.05. The lowest BCUT2D eigenvalue weighted by Crippen LogP contribution is -2.46. The highest BCUT2D eigenvalue weighted by Gasteiger charge is 2.23. The molecule has 1 aliphatic heterocycles. The molecule has 2 unspecified atom stereocenters. The van der Waals surface area contributed by atoms with E-state index in [0.717, 1.165) is 13.1 Å². The van der Waals surface area contributed by atoms with Crippen LogP contribution in [0.2, 0.25) is 0 Å². The molecule has 1 aromatic heterocycles. The minimum absolute atomic E-state index is 0.00896. The number of hydrogen-bond donors (Lipinski definition) is 1. The Bertz CT molecular complexity index is 375. The molecule has 0 spiro atoms. The van der Waals surface area contributed by atoms with Crippen LogP contribution in [0.1, 0.15) is 13.0 Å². The molecule has 0 aromatic carbocycles. The SMILES string of the molecule is CC(C(=O)N(C)CC1CNCCO1)n1cncn1. The van der Waals surface area contributed by atoms with Gasteiger partial charge in [0.25, 0.3) is 0 Å². The number of amides is 1.